The number of carbonyl (C=O) groups excluding carboxylic acids is 2. The van der Waals surface area contributed by atoms with Crippen molar-refractivity contribution in [3.05, 3.63) is 95.9 Å². The Balaban J connectivity index is 1.43. The fraction of sp³-hybridized carbons (Fsp3) is 0.333. The highest BCUT2D eigenvalue weighted by atomic mass is 16.3. The van der Waals surface area contributed by atoms with Gasteiger partial charge >= 0.3 is 0 Å². The van der Waals surface area contributed by atoms with E-state index >= 15 is 0 Å². The number of benzene rings is 2. The van der Waals surface area contributed by atoms with Crippen molar-refractivity contribution in [1.82, 2.24) is 10.2 Å². The molecule has 1 saturated heterocycles. The normalized spacial score (nSPS) is 17.8. The summed E-state index contributed by atoms with van der Waals surface area (Å²) in [6, 6.07) is 24.1. The molecule has 0 radical (unpaired) electrons. The van der Waals surface area contributed by atoms with Crippen LogP contribution in [0.25, 0.3) is 0 Å². The number of nitrogens with zero attached hydrogens (tertiary/aromatic N) is 1. The van der Waals surface area contributed by atoms with Gasteiger partial charge in [-0.15, -0.1) is 0 Å². The molecule has 2 amide bonds. The zero-order chi connectivity index (χ0) is 22.2. The molecule has 0 bridgehead atoms. The lowest BCUT2D eigenvalue weighted by molar-refractivity contribution is -0.132. The number of carbonyl (C=O) groups is 2. The fourth-order valence-corrected chi connectivity index (χ4v) is 4.44. The lowest BCUT2D eigenvalue weighted by atomic mass is 9.87. The van der Waals surface area contributed by atoms with Crippen LogP contribution in [0, 0.1) is 0 Å². The van der Waals surface area contributed by atoms with Gasteiger partial charge < -0.3 is 14.6 Å². The minimum Gasteiger partial charge on any atom is -0.469 e. The third-order valence-corrected chi connectivity index (χ3v) is 6.23. The predicted octanol–water partition coefficient (Wildman–Crippen LogP) is 4.52. The summed E-state index contributed by atoms with van der Waals surface area (Å²) in [6.07, 6.45) is 5.29. The van der Waals surface area contributed by atoms with Crippen LogP contribution < -0.4 is 5.32 Å². The molecule has 0 spiro atoms. The molecule has 32 heavy (non-hydrogen) atoms. The summed E-state index contributed by atoms with van der Waals surface area (Å²) in [5.74, 6) is 1.00. The van der Waals surface area contributed by atoms with E-state index in [-0.39, 0.29) is 11.8 Å². The summed E-state index contributed by atoms with van der Waals surface area (Å²) in [5.41, 5.74) is 1.92. The monoisotopic (exact) mass is 430 g/mol. The van der Waals surface area contributed by atoms with E-state index in [4.69, 9.17) is 4.42 Å². The number of hydrogen-bond acceptors (Lipinski definition) is 3. The molecule has 1 aliphatic heterocycles. The Morgan fingerprint density at radius 2 is 1.69 bits per heavy atom. The van der Waals surface area contributed by atoms with Crippen LogP contribution >= 0.6 is 0 Å². The molecular weight excluding hydrogens is 400 g/mol. The Kier molecular flexibility index (Phi) is 7.05. The minimum atomic E-state index is -0.414. The number of amides is 2. The van der Waals surface area contributed by atoms with Gasteiger partial charge in [0.1, 0.15) is 5.76 Å². The van der Waals surface area contributed by atoms with E-state index in [9.17, 15) is 9.59 Å². The van der Waals surface area contributed by atoms with E-state index in [1.807, 2.05) is 53.4 Å². The Hall–Kier alpha value is -3.34. The highest BCUT2D eigenvalue weighted by molar-refractivity contribution is 5.80. The molecule has 0 aliphatic carbocycles. The molecular formula is C27H30N2O3. The van der Waals surface area contributed by atoms with Crippen LogP contribution in [-0.2, 0) is 29.0 Å². The van der Waals surface area contributed by atoms with Gasteiger partial charge in [-0.05, 0) is 42.5 Å². The largest absolute Gasteiger partial charge is 0.469 e. The van der Waals surface area contributed by atoms with Crippen molar-refractivity contribution in [2.75, 3.05) is 6.54 Å². The minimum absolute atomic E-state index is 0.0502. The van der Waals surface area contributed by atoms with Gasteiger partial charge in [-0.1, -0.05) is 60.7 Å². The molecule has 2 aromatic carbocycles. The molecule has 5 nitrogen and oxygen atoms in total. The second-order valence-electron chi connectivity index (χ2n) is 8.62. The van der Waals surface area contributed by atoms with Gasteiger partial charge in [0.2, 0.25) is 11.8 Å². The quantitative estimate of drug-likeness (QED) is 0.514. The SMILES string of the molecule is O=C1CCC(CCC(=O)N(CCc2ccccc2)Cc2ccccc2)(Cc2ccco2)N1. The average Bonchev–Trinajstić information content (AvgIpc) is 3.46. The van der Waals surface area contributed by atoms with Crippen molar-refractivity contribution in [2.24, 2.45) is 0 Å². The van der Waals surface area contributed by atoms with Crippen molar-refractivity contribution in [1.29, 1.82) is 0 Å². The van der Waals surface area contributed by atoms with Gasteiger partial charge in [-0.25, -0.2) is 0 Å². The van der Waals surface area contributed by atoms with Crippen LogP contribution in [0.3, 0.4) is 0 Å². The van der Waals surface area contributed by atoms with Crippen LogP contribution in [0.1, 0.15) is 42.6 Å². The van der Waals surface area contributed by atoms with Crippen molar-refractivity contribution >= 4 is 11.8 Å². The molecule has 1 N–H and O–H groups in total. The van der Waals surface area contributed by atoms with Crippen LogP contribution in [0.4, 0.5) is 0 Å². The van der Waals surface area contributed by atoms with Crippen molar-refractivity contribution in [2.45, 2.75) is 50.6 Å². The second kappa shape index (κ2) is 10.3. The highest BCUT2D eigenvalue weighted by Crippen LogP contribution is 2.30. The van der Waals surface area contributed by atoms with Crippen molar-refractivity contribution in [3.63, 3.8) is 0 Å². The van der Waals surface area contributed by atoms with Crippen molar-refractivity contribution < 1.29 is 14.0 Å². The van der Waals surface area contributed by atoms with Crippen molar-refractivity contribution in [3.8, 4) is 0 Å². The van der Waals surface area contributed by atoms with E-state index in [1.54, 1.807) is 6.26 Å². The first kappa shape index (κ1) is 21.9. The lowest BCUT2D eigenvalue weighted by Crippen LogP contribution is -2.45. The third-order valence-electron chi connectivity index (χ3n) is 6.23. The number of rotatable bonds is 10. The van der Waals surface area contributed by atoms with Gasteiger partial charge in [-0.2, -0.15) is 0 Å². The number of hydrogen-bond donors (Lipinski definition) is 1. The topological polar surface area (TPSA) is 62.6 Å². The van der Waals surface area contributed by atoms with Gasteiger partial charge in [0.05, 0.1) is 6.26 Å². The summed E-state index contributed by atoms with van der Waals surface area (Å²) in [4.78, 5) is 27.3. The molecule has 1 fully saturated rings. The van der Waals surface area contributed by atoms with Gasteiger partial charge in [-0.3, -0.25) is 9.59 Å². The summed E-state index contributed by atoms with van der Waals surface area (Å²) in [7, 11) is 0. The van der Waals surface area contributed by atoms with E-state index in [0.29, 0.717) is 38.8 Å². The maximum Gasteiger partial charge on any atom is 0.222 e. The first-order chi connectivity index (χ1) is 15.6. The molecule has 166 valence electrons. The first-order valence-electron chi connectivity index (χ1n) is 11.3. The molecule has 0 saturated carbocycles. The van der Waals surface area contributed by atoms with Crippen LogP contribution in [0.2, 0.25) is 0 Å². The van der Waals surface area contributed by atoms with Crippen LogP contribution in [-0.4, -0.2) is 28.8 Å². The molecule has 3 aromatic rings. The highest BCUT2D eigenvalue weighted by Gasteiger charge is 2.39. The Labute approximate surface area is 189 Å². The third kappa shape index (κ3) is 5.88. The lowest BCUT2D eigenvalue weighted by Gasteiger charge is -2.30. The van der Waals surface area contributed by atoms with Crippen LogP contribution in [0.15, 0.2) is 83.5 Å². The maximum atomic E-state index is 13.3. The summed E-state index contributed by atoms with van der Waals surface area (Å²) >= 11 is 0. The summed E-state index contributed by atoms with van der Waals surface area (Å²) < 4.78 is 5.53. The van der Waals surface area contributed by atoms with Gasteiger partial charge in [0.15, 0.2) is 0 Å². The Morgan fingerprint density at radius 1 is 0.969 bits per heavy atom. The molecule has 1 aliphatic rings. The molecule has 2 heterocycles. The fourth-order valence-electron chi connectivity index (χ4n) is 4.44. The first-order valence-corrected chi connectivity index (χ1v) is 11.3. The molecule has 5 heteroatoms. The van der Waals surface area contributed by atoms with E-state index in [0.717, 1.165) is 24.2 Å². The summed E-state index contributed by atoms with van der Waals surface area (Å²) in [6.45, 7) is 1.25. The zero-order valence-electron chi connectivity index (χ0n) is 18.3. The Bertz CT molecular complexity index is 1000. The van der Waals surface area contributed by atoms with Gasteiger partial charge in [0, 0.05) is 37.9 Å². The standard InChI is InChI=1S/C27H30N2O3/c30-25-13-16-27(28-25,20-24-12-7-19-32-24)17-14-26(31)29(21-23-10-5-2-6-11-23)18-15-22-8-3-1-4-9-22/h1-12,19H,13-18,20-21H2,(H,28,30). The average molecular weight is 431 g/mol. The predicted molar refractivity (Wildman–Crippen MR) is 124 cm³/mol. The molecule has 1 aromatic heterocycles. The second-order valence-corrected chi connectivity index (χ2v) is 8.62. The molecule has 1 unspecified atom stereocenters. The summed E-state index contributed by atoms with van der Waals surface area (Å²) in [5, 5.41) is 3.14. The molecule has 4 rings (SSSR count). The van der Waals surface area contributed by atoms with Crippen LogP contribution in [0.5, 0.6) is 0 Å². The maximum absolute atomic E-state index is 13.3. The van der Waals surface area contributed by atoms with Gasteiger partial charge in [0.25, 0.3) is 0 Å². The zero-order valence-corrected chi connectivity index (χ0v) is 18.3. The molecule has 1 atom stereocenters. The number of furan rings is 1. The number of nitrogens with one attached hydrogen (secondary N) is 1. The smallest absolute Gasteiger partial charge is 0.222 e. The van der Waals surface area contributed by atoms with E-state index in [2.05, 4.69) is 29.6 Å². The Morgan fingerprint density at radius 3 is 2.31 bits per heavy atom. The van der Waals surface area contributed by atoms with E-state index < -0.39 is 5.54 Å². The van der Waals surface area contributed by atoms with E-state index in [1.165, 1.54) is 5.56 Å².